The van der Waals surface area contributed by atoms with Gasteiger partial charge in [-0.2, -0.15) is 0 Å². The summed E-state index contributed by atoms with van der Waals surface area (Å²) < 4.78 is 5.33. The molecule has 2 aromatic carbocycles. The number of likely N-dealkylation sites (tertiary alicyclic amines) is 1. The van der Waals surface area contributed by atoms with Gasteiger partial charge >= 0.3 is 0 Å². The zero-order valence-electron chi connectivity index (χ0n) is 17.9. The lowest BCUT2D eigenvalue weighted by atomic mass is 9.93. The van der Waals surface area contributed by atoms with Crippen molar-refractivity contribution in [2.45, 2.75) is 27.2 Å². The van der Waals surface area contributed by atoms with Gasteiger partial charge in [0.25, 0.3) is 0 Å². The highest BCUT2D eigenvalue weighted by atomic mass is 16.5. The number of piperidine rings is 1. The van der Waals surface area contributed by atoms with Gasteiger partial charge in [-0.1, -0.05) is 55.8 Å². The smallest absolute Gasteiger partial charge is 0.187 e. The summed E-state index contributed by atoms with van der Waals surface area (Å²) >= 11 is 0. The van der Waals surface area contributed by atoms with Gasteiger partial charge < -0.3 is 4.74 Å². The van der Waals surface area contributed by atoms with E-state index in [-0.39, 0.29) is 5.78 Å². The Morgan fingerprint density at radius 2 is 1.62 bits per heavy atom. The fourth-order valence-corrected chi connectivity index (χ4v) is 3.60. The Bertz CT molecular complexity index is 924. The summed E-state index contributed by atoms with van der Waals surface area (Å²) in [5.74, 6) is 1.59. The highest BCUT2D eigenvalue weighted by Gasteiger charge is 2.26. The lowest BCUT2D eigenvalue weighted by Gasteiger charge is -2.30. The molecule has 0 unspecified atom stereocenters. The van der Waals surface area contributed by atoms with Gasteiger partial charge in [0, 0.05) is 24.2 Å². The van der Waals surface area contributed by atoms with Crippen LogP contribution in [0.25, 0.3) is 12.2 Å². The van der Waals surface area contributed by atoms with Crippen LogP contribution in [0, 0.1) is 12.8 Å². The van der Waals surface area contributed by atoms with Crippen LogP contribution in [0.5, 0.6) is 5.75 Å². The number of carbonyl (C=O) groups is 1. The second kappa shape index (κ2) is 9.71. The van der Waals surface area contributed by atoms with Gasteiger partial charge in [-0.3, -0.25) is 9.69 Å². The third-order valence-corrected chi connectivity index (χ3v) is 5.21. The van der Waals surface area contributed by atoms with Crippen LogP contribution < -0.4 is 4.74 Å². The minimum Gasteiger partial charge on any atom is -0.497 e. The molecule has 1 heterocycles. The van der Waals surface area contributed by atoms with Gasteiger partial charge in [0.05, 0.1) is 7.11 Å². The SMILES string of the molecule is COc1cccc(/C=C2\CN(CCC(C)C)C/C(=C\c3cccc(C)c3)C2=O)c1. The van der Waals surface area contributed by atoms with Crippen molar-refractivity contribution < 1.29 is 9.53 Å². The predicted octanol–water partition coefficient (Wildman–Crippen LogP) is 5.40. The van der Waals surface area contributed by atoms with Crippen LogP contribution in [0.4, 0.5) is 0 Å². The van der Waals surface area contributed by atoms with E-state index < -0.39 is 0 Å². The van der Waals surface area contributed by atoms with Gasteiger partial charge in [-0.15, -0.1) is 0 Å². The number of rotatable bonds is 6. The van der Waals surface area contributed by atoms with Crippen LogP contribution in [0.1, 0.15) is 37.0 Å². The molecule has 0 saturated carbocycles. The van der Waals surface area contributed by atoms with Crippen LogP contribution in [0.15, 0.2) is 59.7 Å². The zero-order valence-corrected chi connectivity index (χ0v) is 17.9. The number of methoxy groups -OCH3 is 1. The van der Waals surface area contributed by atoms with Crippen LogP contribution in [-0.2, 0) is 4.79 Å². The molecule has 1 aliphatic heterocycles. The van der Waals surface area contributed by atoms with Crippen LogP contribution in [-0.4, -0.2) is 37.4 Å². The number of nitrogens with zero attached hydrogens (tertiary/aromatic N) is 1. The summed E-state index contributed by atoms with van der Waals surface area (Å²) in [6, 6.07) is 16.2. The summed E-state index contributed by atoms with van der Waals surface area (Å²) in [4.78, 5) is 15.6. The third-order valence-electron chi connectivity index (χ3n) is 5.21. The van der Waals surface area contributed by atoms with Crippen molar-refractivity contribution in [3.8, 4) is 5.75 Å². The topological polar surface area (TPSA) is 29.5 Å². The Balaban J connectivity index is 1.93. The number of carbonyl (C=O) groups excluding carboxylic acids is 1. The molecule has 0 amide bonds. The largest absolute Gasteiger partial charge is 0.497 e. The van der Waals surface area contributed by atoms with E-state index in [9.17, 15) is 4.79 Å². The molecule has 3 heteroatoms. The van der Waals surface area contributed by atoms with Crippen molar-refractivity contribution in [2.24, 2.45) is 5.92 Å². The molecule has 3 nitrogen and oxygen atoms in total. The van der Waals surface area contributed by atoms with Crippen LogP contribution in [0.3, 0.4) is 0 Å². The average Bonchev–Trinajstić information content (AvgIpc) is 2.70. The molecular weight excluding hydrogens is 358 g/mol. The van der Waals surface area contributed by atoms with Crippen molar-refractivity contribution in [2.75, 3.05) is 26.7 Å². The second-order valence-corrected chi connectivity index (χ2v) is 8.25. The first kappa shape index (κ1) is 21.1. The van der Waals surface area contributed by atoms with E-state index in [2.05, 4.69) is 49.9 Å². The van der Waals surface area contributed by atoms with E-state index in [4.69, 9.17) is 4.74 Å². The Kier molecular flexibility index (Phi) is 7.05. The normalized spacial score (nSPS) is 18.0. The Morgan fingerprint density at radius 1 is 1.00 bits per heavy atom. The van der Waals surface area contributed by atoms with Gasteiger partial charge in [-0.25, -0.2) is 0 Å². The van der Waals surface area contributed by atoms with E-state index >= 15 is 0 Å². The van der Waals surface area contributed by atoms with E-state index in [1.165, 1.54) is 5.56 Å². The van der Waals surface area contributed by atoms with E-state index in [0.29, 0.717) is 19.0 Å². The first-order chi connectivity index (χ1) is 13.9. The van der Waals surface area contributed by atoms with Crippen LogP contribution >= 0.6 is 0 Å². The molecule has 3 rings (SSSR count). The Labute approximate surface area is 174 Å². The van der Waals surface area contributed by atoms with Crippen molar-refractivity contribution in [3.05, 3.63) is 76.4 Å². The van der Waals surface area contributed by atoms with E-state index in [1.54, 1.807) is 7.11 Å². The van der Waals surface area contributed by atoms with Crippen molar-refractivity contribution >= 4 is 17.9 Å². The number of Topliss-reactive ketones (excluding diaryl/α,β-unsaturated/α-hetero) is 1. The molecule has 0 bridgehead atoms. The molecular formula is C26H31NO2. The lowest BCUT2D eigenvalue weighted by molar-refractivity contribution is -0.113. The second-order valence-electron chi connectivity index (χ2n) is 8.25. The summed E-state index contributed by atoms with van der Waals surface area (Å²) in [6.45, 7) is 8.94. The van der Waals surface area contributed by atoms with Gasteiger partial charge in [-0.05, 0) is 61.2 Å². The summed E-state index contributed by atoms with van der Waals surface area (Å²) in [5.41, 5.74) is 4.98. The monoisotopic (exact) mass is 389 g/mol. The molecule has 1 saturated heterocycles. The quantitative estimate of drug-likeness (QED) is 0.620. The minimum absolute atomic E-state index is 0.148. The van der Waals surface area contributed by atoms with Crippen LogP contribution in [0.2, 0.25) is 0 Å². The summed E-state index contributed by atoms with van der Waals surface area (Å²) in [6.07, 6.45) is 5.19. The fourth-order valence-electron chi connectivity index (χ4n) is 3.60. The molecule has 0 atom stereocenters. The zero-order chi connectivity index (χ0) is 20.8. The van der Waals surface area contributed by atoms with Crippen molar-refractivity contribution in [3.63, 3.8) is 0 Å². The van der Waals surface area contributed by atoms with Gasteiger partial charge in [0.1, 0.15) is 5.75 Å². The Hall–Kier alpha value is -2.65. The van der Waals surface area contributed by atoms with E-state index in [0.717, 1.165) is 41.0 Å². The van der Waals surface area contributed by atoms with E-state index in [1.807, 2.05) is 36.4 Å². The molecule has 152 valence electrons. The molecule has 0 radical (unpaired) electrons. The highest BCUT2D eigenvalue weighted by Crippen LogP contribution is 2.24. The predicted molar refractivity (Wildman–Crippen MR) is 121 cm³/mol. The number of aryl methyl sites for hydroxylation is 1. The molecule has 1 aliphatic rings. The molecule has 2 aromatic rings. The maximum Gasteiger partial charge on any atom is 0.187 e. The first-order valence-electron chi connectivity index (χ1n) is 10.3. The summed E-state index contributed by atoms with van der Waals surface area (Å²) in [5, 5.41) is 0. The number of hydrogen-bond acceptors (Lipinski definition) is 3. The van der Waals surface area contributed by atoms with Gasteiger partial charge in [0.15, 0.2) is 5.78 Å². The summed E-state index contributed by atoms with van der Waals surface area (Å²) in [7, 11) is 1.66. The molecule has 0 N–H and O–H groups in total. The Morgan fingerprint density at radius 3 is 2.21 bits per heavy atom. The molecule has 0 aromatic heterocycles. The third kappa shape index (κ3) is 5.91. The van der Waals surface area contributed by atoms with Gasteiger partial charge in [0.2, 0.25) is 0 Å². The number of benzene rings is 2. The number of hydrogen-bond donors (Lipinski definition) is 0. The average molecular weight is 390 g/mol. The maximum absolute atomic E-state index is 13.3. The van der Waals surface area contributed by atoms with Crippen molar-refractivity contribution in [1.29, 1.82) is 0 Å². The standard InChI is InChI=1S/C26H31NO2/c1-19(2)11-12-27-17-23(14-21-8-5-7-20(3)13-21)26(28)24(18-27)15-22-9-6-10-25(16-22)29-4/h5-10,13-16,19H,11-12,17-18H2,1-4H3/b23-14+,24-15+. The number of ketones is 1. The lowest BCUT2D eigenvalue weighted by Crippen LogP contribution is -2.38. The first-order valence-corrected chi connectivity index (χ1v) is 10.3. The molecule has 0 aliphatic carbocycles. The molecule has 1 fully saturated rings. The maximum atomic E-state index is 13.3. The number of ether oxygens (including phenoxy) is 1. The highest BCUT2D eigenvalue weighted by molar-refractivity contribution is 6.14. The molecule has 0 spiro atoms. The van der Waals surface area contributed by atoms with Crippen molar-refractivity contribution in [1.82, 2.24) is 4.90 Å². The fraction of sp³-hybridized carbons (Fsp3) is 0.346. The minimum atomic E-state index is 0.148. The molecule has 29 heavy (non-hydrogen) atoms.